The molecule has 11 heteroatoms. The third-order valence-electron chi connectivity index (χ3n) is 3.13. The summed E-state index contributed by atoms with van der Waals surface area (Å²) >= 11 is 0. The molecule has 0 aliphatic heterocycles. The summed E-state index contributed by atoms with van der Waals surface area (Å²) in [5.74, 6) is -3.87. The van der Waals surface area contributed by atoms with Crippen molar-refractivity contribution in [1.82, 2.24) is 10.6 Å². The average molecular weight is 347 g/mol. The Hall–Kier alpha value is -2.24. The summed E-state index contributed by atoms with van der Waals surface area (Å²) in [7, 11) is 0. The van der Waals surface area contributed by atoms with Crippen molar-refractivity contribution in [2.24, 2.45) is 17.2 Å². The highest BCUT2D eigenvalue weighted by molar-refractivity contribution is 5.93. The lowest BCUT2D eigenvalue weighted by atomic mass is 10.1. The summed E-state index contributed by atoms with van der Waals surface area (Å²) in [6, 6.07) is -3.79. The second-order valence-corrected chi connectivity index (χ2v) is 5.20. The third-order valence-corrected chi connectivity index (χ3v) is 3.13. The SMILES string of the molecule is NCCCC[C@H](NC(=O)[C@@H](N)CO)C(=O)N[C@@H](CC(N)=O)C(=O)O. The fraction of sp³-hybridized carbons (Fsp3) is 0.692. The van der Waals surface area contributed by atoms with Gasteiger partial charge in [0.15, 0.2) is 0 Å². The summed E-state index contributed by atoms with van der Waals surface area (Å²) in [6.07, 6.45) is 0.697. The third kappa shape index (κ3) is 8.41. The van der Waals surface area contributed by atoms with Crippen LogP contribution < -0.4 is 27.8 Å². The van der Waals surface area contributed by atoms with E-state index < -0.39 is 54.8 Å². The molecule has 24 heavy (non-hydrogen) atoms. The first-order valence-electron chi connectivity index (χ1n) is 7.41. The van der Waals surface area contributed by atoms with Gasteiger partial charge in [-0.15, -0.1) is 0 Å². The fourth-order valence-electron chi connectivity index (χ4n) is 1.80. The van der Waals surface area contributed by atoms with Crippen LogP contribution in [0.25, 0.3) is 0 Å². The first-order valence-corrected chi connectivity index (χ1v) is 7.41. The zero-order valence-corrected chi connectivity index (χ0v) is 13.2. The van der Waals surface area contributed by atoms with Crippen LogP contribution in [0.5, 0.6) is 0 Å². The van der Waals surface area contributed by atoms with Gasteiger partial charge in [0, 0.05) is 0 Å². The Balaban J connectivity index is 4.95. The van der Waals surface area contributed by atoms with Crippen molar-refractivity contribution < 1.29 is 29.4 Å². The zero-order valence-electron chi connectivity index (χ0n) is 13.2. The van der Waals surface area contributed by atoms with Crippen molar-refractivity contribution in [3.05, 3.63) is 0 Å². The number of aliphatic carboxylic acids is 1. The standard InChI is InChI=1S/C13H25N5O6/c14-4-2-1-3-8(17-11(21)7(15)6-19)12(22)18-9(13(23)24)5-10(16)20/h7-9,19H,1-6,14-15H2,(H2,16,20)(H,17,21)(H,18,22)(H,23,24)/t7-,8-,9-/m0/s1. The summed E-state index contributed by atoms with van der Waals surface area (Å²) in [5.41, 5.74) is 15.7. The van der Waals surface area contributed by atoms with Crippen molar-refractivity contribution >= 4 is 23.7 Å². The van der Waals surface area contributed by atoms with E-state index in [9.17, 15) is 19.2 Å². The van der Waals surface area contributed by atoms with Gasteiger partial charge in [0.1, 0.15) is 18.1 Å². The van der Waals surface area contributed by atoms with Gasteiger partial charge in [0.25, 0.3) is 0 Å². The summed E-state index contributed by atoms with van der Waals surface area (Å²) in [6.45, 7) is -0.222. The topological polar surface area (TPSA) is 211 Å². The van der Waals surface area contributed by atoms with Crippen molar-refractivity contribution in [2.45, 2.75) is 43.8 Å². The molecule has 3 atom stereocenters. The molecule has 0 saturated heterocycles. The lowest BCUT2D eigenvalue weighted by Gasteiger charge is -2.22. The van der Waals surface area contributed by atoms with Crippen molar-refractivity contribution in [1.29, 1.82) is 0 Å². The van der Waals surface area contributed by atoms with Crippen LogP contribution in [0.3, 0.4) is 0 Å². The Kier molecular flexibility index (Phi) is 10.3. The summed E-state index contributed by atoms with van der Waals surface area (Å²) < 4.78 is 0. The molecule has 0 aromatic heterocycles. The van der Waals surface area contributed by atoms with E-state index in [1.165, 1.54) is 0 Å². The van der Waals surface area contributed by atoms with E-state index in [-0.39, 0.29) is 6.42 Å². The molecule has 0 aromatic carbocycles. The maximum atomic E-state index is 12.2. The lowest BCUT2D eigenvalue weighted by molar-refractivity contribution is -0.143. The van der Waals surface area contributed by atoms with Gasteiger partial charge in [-0.1, -0.05) is 0 Å². The molecule has 0 fully saturated rings. The molecule has 0 heterocycles. The first-order chi connectivity index (χ1) is 11.2. The monoisotopic (exact) mass is 347 g/mol. The summed E-state index contributed by atoms with van der Waals surface area (Å²) in [4.78, 5) is 45.8. The number of carboxylic acids is 1. The number of hydrogen-bond acceptors (Lipinski definition) is 7. The average Bonchev–Trinajstić information content (AvgIpc) is 2.51. The molecule has 138 valence electrons. The predicted molar refractivity (Wildman–Crippen MR) is 83.3 cm³/mol. The number of carbonyl (C=O) groups is 4. The number of rotatable bonds is 12. The van der Waals surface area contributed by atoms with Gasteiger partial charge in [0.05, 0.1) is 13.0 Å². The van der Waals surface area contributed by atoms with Gasteiger partial charge in [0.2, 0.25) is 17.7 Å². The molecule has 0 radical (unpaired) electrons. The van der Waals surface area contributed by atoms with E-state index in [1.54, 1.807) is 0 Å². The Bertz CT molecular complexity index is 458. The van der Waals surface area contributed by atoms with Crippen LogP contribution in [0.4, 0.5) is 0 Å². The van der Waals surface area contributed by atoms with Crippen LogP contribution in [-0.4, -0.2) is 65.2 Å². The second-order valence-electron chi connectivity index (χ2n) is 5.20. The van der Waals surface area contributed by atoms with E-state index >= 15 is 0 Å². The Morgan fingerprint density at radius 1 is 1.00 bits per heavy atom. The van der Waals surface area contributed by atoms with Crippen LogP contribution in [0.2, 0.25) is 0 Å². The highest BCUT2D eigenvalue weighted by Crippen LogP contribution is 2.03. The molecule has 0 aliphatic rings. The number of aliphatic hydroxyl groups excluding tert-OH is 1. The van der Waals surface area contributed by atoms with E-state index in [0.29, 0.717) is 19.4 Å². The van der Waals surface area contributed by atoms with E-state index in [1.807, 2.05) is 0 Å². The van der Waals surface area contributed by atoms with E-state index in [2.05, 4.69) is 10.6 Å². The van der Waals surface area contributed by atoms with Crippen LogP contribution in [-0.2, 0) is 19.2 Å². The van der Waals surface area contributed by atoms with Crippen LogP contribution in [0.1, 0.15) is 25.7 Å². The number of unbranched alkanes of at least 4 members (excludes halogenated alkanes) is 1. The number of amides is 3. The zero-order chi connectivity index (χ0) is 18.7. The first kappa shape index (κ1) is 21.8. The highest BCUT2D eigenvalue weighted by atomic mass is 16.4. The minimum atomic E-state index is -1.50. The number of nitrogens with one attached hydrogen (secondary N) is 2. The van der Waals surface area contributed by atoms with Crippen LogP contribution in [0.15, 0.2) is 0 Å². The normalized spacial score (nSPS) is 14.3. The minimum absolute atomic E-state index is 0.190. The Morgan fingerprint density at radius 2 is 1.58 bits per heavy atom. The van der Waals surface area contributed by atoms with Crippen molar-refractivity contribution in [3.63, 3.8) is 0 Å². The smallest absolute Gasteiger partial charge is 0.326 e. The molecular weight excluding hydrogens is 322 g/mol. The molecule has 0 bridgehead atoms. The van der Waals surface area contributed by atoms with Gasteiger partial charge >= 0.3 is 5.97 Å². The number of carbonyl (C=O) groups excluding carboxylic acids is 3. The van der Waals surface area contributed by atoms with Crippen molar-refractivity contribution in [3.8, 4) is 0 Å². The Morgan fingerprint density at radius 3 is 2.04 bits per heavy atom. The van der Waals surface area contributed by atoms with Gasteiger partial charge in [-0.05, 0) is 25.8 Å². The quantitative estimate of drug-likeness (QED) is 0.174. The molecule has 0 aliphatic carbocycles. The minimum Gasteiger partial charge on any atom is -0.480 e. The van der Waals surface area contributed by atoms with Gasteiger partial charge < -0.3 is 38.0 Å². The van der Waals surface area contributed by atoms with Gasteiger partial charge in [-0.3, -0.25) is 14.4 Å². The molecule has 10 N–H and O–H groups in total. The van der Waals surface area contributed by atoms with E-state index in [4.69, 9.17) is 27.4 Å². The maximum absolute atomic E-state index is 12.2. The molecular formula is C13H25N5O6. The van der Waals surface area contributed by atoms with E-state index in [0.717, 1.165) is 0 Å². The molecule has 0 aromatic rings. The molecule has 0 saturated carbocycles. The number of hydrogen-bond donors (Lipinski definition) is 7. The molecule has 11 nitrogen and oxygen atoms in total. The van der Waals surface area contributed by atoms with Gasteiger partial charge in [-0.2, -0.15) is 0 Å². The lowest BCUT2D eigenvalue weighted by Crippen LogP contribution is -2.55. The van der Waals surface area contributed by atoms with Crippen LogP contribution >= 0.6 is 0 Å². The molecule has 0 spiro atoms. The second kappa shape index (κ2) is 11.3. The largest absolute Gasteiger partial charge is 0.480 e. The molecule has 0 rings (SSSR count). The highest BCUT2D eigenvalue weighted by Gasteiger charge is 2.28. The number of carboxylic acid groups (broad SMARTS) is 1. The molecule has 3 amide bonds. The summed E-state index contributed by atoms with van der Waals surface area (Å²) in [5, 5.41) is 22.3. The fourth-order valence-corrected chi connectivity index (χ4v) is 1.80. The maximum Gasteiger partial charge on any atom is 0.326 e. The van der Waals surface area contributed by atoms with Crippen LogP contribution in [0, 0.1) is 0 Å². The predicted octanol–water partition coefficient (Wildman–Crippen LogP) is -3.64. The number of nitrogens with two attached hydrogens (primary N) is 3. The molecule has 0 unspecified atom stereocenters. The van der Waals surface area contributed by atoms with Gasteiger partial charge in [-0.25, -0.2) is 4.79 Å². The number of aliphatic hydroxyl groups is 1. The van der Waals surface area contributed by atoms with Crippen molar-refractivity contribution in [2.75, 3.05) is 13.2 Å². The number of primary amides is 1. The Labute approximate surface area is 138 Å².